The molecule has 0 aliphatic heterocycles. The maximum Gasteiger partial charge on any atom is 0.316 e. The number of Topliss-reactive ketones (excluding diaryl/α,β-unsaturated/α-hetero) is 1. The average Bonchev–Trinajstić information content (AvgIpc) is 3.16. The highest BCUT2D eigenvalue weighted by Gasteiger charge is 2.81. The van der Waals surface area contributed by atoms with Gasteiger partial charge < -0.3 is 26.0 Å². The van der Waals surface area contributed by atoms with Gasteiger partial charge in [0, 0.05) is 34.1 Å². The van der Waals surface area contributed by atoms with Gasteiger partial charge in [-0.3, -0.25) is 14.4 Å². The smallest absolute Gasteiger partial charge is 0.316 e. The van der Waals surface area contributed by atoms with E-state index < -0.39 is 36.2 Å². The first kappa shape index (κ1) is 31.2. The van der Waals surface area contributed by atoms with Gasteiger partial charge in [-0.05, 0) is 66.5 Å². The summed E-state index contributed by atoms with van der Waals surface area (Å²) in [7, 11) is 0. The summed E-state index contributed by atoms with van der Waals surface area (Å²) in [6.07, 6.45) is 4.19. The van der Waals surface area contributed by atoms with Gasteiger partial charge in [-0.1, -0.05) is 45.9 Å². The Morgan fingerprint density at radius 1 is 1.29 bits per heavy atom. The molecular formula is C33H46N2O6S. The quantitative estimate of drug-likeness (QED) is 0.192. The lowest BCUT2D eigenvalue weighted by Crippen LogP contribution is -2.71. The normalized spacial score (nSPS) is 41.0. The molecule has 0 heterocycles. The van der Waals surface area contributed by atoms with E-state index in [4.69, 9.17) is 15.6 Å². The SMILES string of the molecule is C=C[C@]1(C)C[C@@H](OC(=O)CSc2cccc(CNC(=O)[C@@H](N)CO)c2)[C@]2(C)C(C)CC34CC(CCC3=O)(C42)[C@@H](C)[C@@H]1O. The number of aliphatic hydroxyl groups excluding tert-OH is 2. The summed E-state index contributed by atoms with van der Waals surface area (Å²) >= 11 is 1.37. The number of benzene rings is 1. The van der Waals surface area contributed by atoms with Gasteiger partial charge in [-0.15, -0.1) is 18.3 Å². The zero-order valence-corrected chi connectivity index (χ0v) is 26.0. The number of nitrogens with two attached hydrogens (primary N) is 1. The molecule has 0 aromatic heterocycles. The molecule has 4 saturated carbocycles. The molecule has 1 aromatic carbocycles. The van der Waals surface area contributed by atoms with Gasteiger partial charge >= 0.3 is 5.97 Å². The Balaban J connectivity index is 1.34. The van der Waals surface area contributed by atoms with Crippen LogP contribution in [-0.2, 0) is 25.7 Å². The summed E-state index contributed by atoms with van der Waals surface area (Å²) in [4.78, 5) is 39.7. The lowest BCUT2D eigenvalue weighted by Gasteiger charge is -2.71. The number of thioether (sulfide) groups is 1. The lowest BCUT2D eigenvalue weighted by atomic mass is 9.32. The van der Waals surface area contributed by atoms with Gasteiger partial charge in [0.05, 0.1) is 18.5 Å². The van der Waals surface area contributed by atoms with Crippen molar-refractivity contribution in [1.82, 2.24) is 5.32 Å². The minimum absolute atomic E-state index is 0.0139. The molecule has 0 saturated heterocycles. The van der Waals surface area contributed by atoms with Gasteiger partial charge in [0.1, 0.15) is 17.9 Å². The summed E-state index contributed by atoms with van der Waals surface area (Å²) in [6, 6.07) is 6.57. The number of ether oxygens (including phenoxy) is 1. The fraction of sp³-hybridized carbons (Fsp3) is 0.667. The van der Waals surface area contributed by atoms with Gasteiger partial charge in [0.2, 0.25) is 5.91 Å². The molecule has 4 aliphatic rings. The summed E-state index contributed by atoms with van der Waals surface area (Å²) in [5, 5.41) is 23.5. The van der Waals surface area contributed by atoms with Crippen molar-refractivity contribution in [3.05, 3.63) is 42.5 Å². The Bertz CT molecular complexity index is 1270. The molecule has 10 atom stereocenters. The molecule has 4 fully saturated rings. The van der Waals surface area contributed by atoms with Crippen molar-refractivity contribution in [2.24, 2.45) is 45.1 Å². The Labute approximate surface area is 253 Å². The first-order valence-corrected chi connectivity index (χ1v) is 16.2. The Morgan fingerprint density at radius 3 is 2.71 bits per heavy atom. The molecule has 2 bridgehead atoms. The van der Waals surface area contributed by atoms with Crippen molar-refractivity contribution >= 4 is 29.4 Å². The molecule has 8 nitrogen and oxygen atoms in total. The van der Waals surface area contributed by atoms with Gasteiger partial charge in [-0.25, -0.2) is 0 Å². The second-order valence-corrected chi connectivity index (χ2v) is 15.0. The van der Waals surface area contributed by atoms with E-state index >= 15 is 0 Å². The molecule has 4 unspecified atom stereocenters. The molecule has 9 heteroatoms. The van der Waals surface area contributed by atoms with Crippen LogP contribution in [0.15, 0.2) is 41.8 Å². The standard InChI is InChI=1S/C33H46N2O6S/c1-6-30(4)14-25(41-26(38)17-42-22-9-7-8-21(12-22)15-35-28(40)23(34)16-36)31(5)19(2)13-33-18-32(29(31)33,11-10-24(33)37)20(3)27(30)39/h6-9,12,19-20,23,25,27,29,36,39H,1,10-11,13-18,34H2,2-5H3,(H,35,40)/t19?,20-,23-,25+,27-,29?,30+,31-,32?,33?/m0/s1. The fourth-order valence-electron chi connectivity index (χ4n) is 9.50. The molecule has 42 heavy (non-hydrogen) atoms. The van der Waals surface area contributed by atoms with Crippen LogP contribution in [-0.4, -0.2) is 58.5 Å². The van der Waals surface area contributed by atoms with E-state index in [0.29, 0.717) is 18.6 Å². The van der Waals surface area contributed by atoms with Crippen LogP contribution in [0, 0.1) is 39.4 Å². The lowest BCUT2D eigenvalue weighted by molar-refractivity contribution is -0.257. The van der Waals surface area contributed by atoms with Crippen molar-refractivity contribution in [2.45, 2.75) is 89.5 Å². The maximum atomic E-state index is 13.5. The highest BCUT2D eigenvalue weighted by atomic mass is 32.2. The minimum atomic E-state index is -0.968. The van der Waals surface area contributed by atoms with E-state index in [1.54, 1.807) is 0 Å². The van der Waals surface area contributed by atoms with E-state index in [1.165, 1.54) is 11.8 Å². The second kappa shape index (κ2) is 11.1. The fourth-order valence-corrected chi connectivity index (χ4v) is 10.3. The van der Waals surface area contributed by atoms with E-state index in [0.717, 1.165) is 29.7 Å². The number of amides is 1. The van der Waals surface area contributed by atoms with Gasteiger partial charge in [0.25, 0.3) is 0 Å². The molecule has 1 aromatic rings. The molecule has 0 radical (unpaired) electrons. The zero-order valence-electron chi connectivity index (χ0n) is 25.2. The van der Waals surface area contributed by atoms with E-state index in [1.807, 2.05) is 37.3 Å². The topological polar surface area (TPSA) is 139 Å². The van der Waals surface area contributed by atoms with Crippen LogP contribution >= 0.6 is 11.8 Å². The van der Waals surface area contributed by atoms with Crippen LogP contribution in [0.4, 0.5) is 0 Å². The highest BCUT2D eigenvalue weighted by molar-refractivity contribution is 8.00. The summed E-state index contributed by atoms with van der Waals surface area (Å²) in [5.74, 6) is -0.00113. The molecule has 4 aliphatic carbocycles. The molecule has 2 spiro atoms. The number of nitrogens with one attached hydrogen (secondary N) is 1. The van der Waals surface area contributed by atoms with Gasteiger partial charge in [0.15, 0.2) is 0 Å². The third-order valence-corrected chi connectivity index (χ3v) is 12.8. The number of rotatable bonds is 9. The van der Waals surface area contributed by atoms with E-state index in [2.05, 4.69) is 32.7 Å². The van der Waals surface area contributed by atoms with Crippen molar-refractivity contribution in [2.75, 3.05) is 12.4 Å². The first-order chi connectivity index (χ1) is 19.8. The molecule has 230 valence electrons. The number of hydrogen-bond donors (Lipinski definition) is 4. The third kappa shape index (κ3) is 4.66. The summed E-state index contributed by atoms with van der Waals surface area (Å²) < 4.78 is 6.40. The number of carbonyl (C=O) groups is 3. The number of aliphatic hydroxyl groups is 2. The second-order valence-electron chi connectivity index (χ2n) is 14.0. The van der Waals surface area contributed by atoms with Crippen LogP contribution in [0.3, 0.4) is 0 Å². The number of hydrogen-bond acceptors (Lipinski definition) is 8. The highest BCUT2D eigenvalue weighted by Crippen LogP contribution is 2.82. The number of ketones is 1. The monoisotopic (exact) mass is 598 g/mol. The van der Waals surface area contributed by atoms with E-state index in [9.17, 15) is 19.5 Å². The Kier molecular flexibility index (Phi) is 8.22. The summed E-state index contributed by atoms with van der Waals surface area (Å²) in [6.45, 7) is 12.6. The van der Waals surface area contributed by atoms with Crippen LogP contribution in [0.25, 0.3) is 0 Å². The largest absolute Gasteiger partial charge is 0.461 e. The predicted molar refractivity (Wildman–Crippen MR) is 161 cm³/mol. The number of esters is 1. The van der Waals surface area contributed by atoms with Crippen LogP contribution in [0.5, 0.6) is 0 Å². The molecule has 5 N–H and O–H groups in total. The van der Waals surface area contributed by atoms with Crippen molar-refractivity contribution in [3.63, 3.8) is 0 Å². The van der Waals surface area contributed by atoms with Crippen molar-refractivity contribution in [3.8, 4) is 0 Å². The molecule has 5 rings (SSSR count). The van der Waals surface area contributed by atoms with Gasteiger partial charge in [-0.2, -0.15) is 0 Å². The molecule has 1 amide bonds. The Morgan fingerprint density at radius 2 is 2.02 bits per heavy atom. The van der Waals surface area contributed by atoms with Crippen LogP contribution in [0.1, 0.15) is 65.4 Å². The zero-order chi connectivity index (χ0) is 30.7. The van der Waals surface area contributed by atoms with E-state index in [-0.39, 0.29) is 52.3 Å². The summed E-state index contributed by atoms with van der Waals surface area (Å²) in [5.41, 5.74) is 4.88. The van der Waals surface area contributed by atoms with Crippen molar-refractivity contribution < 1.29 is 29.3 Å². The predicted octanol–water partition coefficient (Wildman–Crippen LogP) is 3.62. The third-order valence-electron chi connectivity index (χ3n) is 11.9. The number of carbonyl (C=O) groups excluding carboxylic acids is 3. The van der Waals surface area contributed by atoms with Crippen LogP contribution in [0.2, 0.25) is 0 Å². The van der Waals surface area contributed by atoms with Crippen molar-refractivity contribution in [1.29, 1.82) is 0 Å². The molecular weight excluding hydrogens is 552 g/mol. The maximum absolute atomic E-state index is 13.5. The Hall–Kier alpha value is -2.20. The van der Waals surface area contributed by atoms with Crippen LogP contribution < -0.4 is 11.1 Å². The average molecular weight is 599 g/mol. The first-order valence-electron chi connectivity index (χ1n) is 15.2. The minimum Gasteiger partial charge on any atom is -0.461 e.